The predicted octanol–water partition coefficient (Wildman–Crippen LogP) is 2.39. The van der Waals surface area contributed by atoms with Crippen LogP contribution in [0.25, 0.3) is 5.70 Å². The summed E-state index contributed by atoms with van der Waals surface area (Å²) < 4.78 is 12.9. The van der Waals surface area contributed by atoms with E-state index in [0.717, 1.165) is 5.56 Å². The molecular weight excluding hydrogens is 179 g/mol. The van der Waals surface area contributed by atoms with E-state index in [9.17, 15) is 4.39 Å². The first-order valence-electron chi connectivity index (χ1n) is 4.24. The van der Waals surface area contributed by atoms with Crippen molar-refractivity contribution in [3.63, 3.8) is 0 Å². The maximum atomic E-state index is 12.9. The van der Waals surface area contributed by atoms with Crippen LogP contribution in [0.1, 0.15) is 5.56 Å². The summed E-state index contributed by atoms with van der Waals surface area (Å²) in [6.07, 6.45) is 1.79. The molecule has 0 atom stereocenters. The van der Waals surface area contributed by atoms with E-state index < -0.39 is 0 Å². The molecule has 0 amide bonds. The first kappa shape index (κ1) is 10.4. The molecule has 14 heavy (non-hydrogen) atoms. The van der Waals surface area contributed by atoms with Gasteiger partial charge < -0.3 is 4.90 Å². The zero-order valence-corrected chi connectivity index (χ0v) is 8.37. The summed E-state index contributed by atoms with van der Waals surface area (Å²) in [5.74, 6) is -0.268. The monoisotopic (exact) mass is 192 g/mol. The van der Waals surface area contributed by atoms with E-state index in [1.807, 2.05) is 19.0 Å². The third-order valence-electron chi connectivity index (χ3n) is 1.67. The number of rotatable bonds is 3. The van der Waals surface area contributed by atoms with Crippen molar-refractivity contribution < 1.29 is 4.39 Å². The molecule has 0 aromatic heterocycles. The van der Waals surface area contributed by atoms with Crippen LogP contribution < -0.4 is 0 Å². The molecule has 1 rings (SSSR count). The Morgan fingerprint density at radius 1 is 1.50 bits per heavy atom. The minimum Gasteiger partial charge on any atom is -0.382 e. The van der Waals surface area contributed by atoms with Crippen LogP contribution in [0, 0.1) is 5.82 Å². The van der Waals surface area contributed by atoms with Crippen molar-refractivity contribution in [3.05, 3.63) is 41.8 Å². The number of hydrogen-bond donors (Lipinski definition) is 0. The summed E-state index contributed by atoms with van der Waals surface area (Å²) in [5.41, 5.74) is 1.39. The fourth-order valence-corrected chi connectivity index (χ4v) is 1.10. The standard InChI is InChI=1S/C11H13FN2/c1-13-11(8-14(2)3)9-5-4-6-10(12)7-9/h4-8H,1H2,2-3H3/b11-8-. The second kappa shape index (κ2) is 4.56. The SMILES string of the molecule is C=N/C(=C\N(C)C)c1cccc(F)c1. The van der Waals surface area contributed by atoms with Gasteiger partial charge in [-0.15, -0.1) is 0 Å². The van der Waals surface area contributed by atoms with Gasteiger partial charge in [0.15, 0.2) is 0 Å². The van der Waals surface area contributed by atoms with Crippen LogP contribution in [0.2, 0.25) is 0 Å². The molecule has 0 unspecified atom stereocenters. The van der Waals surface area contributed by atoms with Gasteiger partial charge in [-0.2, -0.15) is 0 Å². The van der Waals surface area contributed by atoms with Crippen molar-refractivity contribution in [1.82, 2.24) is 4.90 Å². The van der Waals surface area contributed by atoms with Gasteiger partial charge in [0.25, 0.3) is 0 Å². The molecule has 0 bridgehead atoms. The Labute approximate surface area is 83.4 Å². The molecule has 0 saturated heterocycles. The fourth-order valence-electron chi connectivity index (χ4n) is 1.10. The Kier molecular flexibility index (Phi) is 3.40. The zero-order valence-electron chi connectivity index (χ0n) is 8.37. The molecule has 2 nitrogen and oxygen atoms in total. The van der Waals surface area contributed by atoms with Gasteiger partial charge in [0, 0.05) is 25.9 Å². The highest BCUT2D eigenvalue weighted by Crippen LogP contribution is 2.16. The third kappa shape index (κ3) is 2.69. The molecule has 0 heterocycles. The largest absolute Gasteiger partial charge is 0.382 e. The first-order valence-corrected chi connectivity index (χ1v) is 4.24. The number of benzene rings is 1. The number of nitrogens with zero attached hydrogens (tertiary/aromatic N) is 2. The maximum Gasteiger partial charge on any atom is 0.123 e. The lowest BCUT2D eigenvalue weighted by atomic mass is 10.1. The van der Waals surface area contributed by atoms with Gasteiger partial charge in [-0.1, -0.05) is 12.1 Å². The Bertz CT molecular complexity index is 356. The van der Waals surface area contributed by atoms with Gasteiger partial charge in [-0.05, 0) is 18.9 Å². The Balaban J connectivity index is 3.07. The lowest BCUT2D eigenvalue weighted by molar-refractivity contribution is 0.565. The molecule has 3 heteroatoms. The van der Waals surface area contributed by atoms with E-state index in [1.54, 1.807) is 18.3 Å². The van der Waals surface area contributed by atoms with Crippen molar-refractivity contribution in [2.24, 2.45) is 4.99 Å². The Hall–Kier alpha value is -1.64. The van der Waals surface area contributed by atoms with Crippen molar-refractivity contribution in [2.75, 3.05) is 14.1 Å². The van der Waals surface area contributed by atoms with Gasteiger partial charge in [-0.25, -0.2) is 4.39 Å². The van der Waals surface area contributed by atoms with Gasteiger partial charge in [0.2, 0.25) is 0 Å². The van der Waals surface area contributed by atoms with E-state index in [2.05, 4.69) is 11.7 Å². The van der Waals surface area contributed by atoms with Crippen LogP contribution in [0.5, 0.6) is 0 Å². The van der Waals surface area contributed by atoms with E-state index in [4.69, 9.17) is 0 Å². The Morgan fingerprint density at radius 3 is 2.71 bits per heavy atom. The number of hydrogen-bond acceptors (Lipinski definition) is 2. The van der Waals surface area contributed by atoms with E-state index in [-0.39, 0.29) is 5.82 Å². The normalized spacial score (nSPS) is 11.2. The summed E-state index contributed by atoms with van der Waals surface area (Å²) >= 11 is 0. The van der Waals surface area contributed by atoms with E-state index in [1.165, 1.54) is 12.1 Å². The van der Waals surface area contributed by atoms with Crippen molar-refractivity contribution in [1.29, 1.82) is 0 Å². The van der Waals surface area contributed by atoms with Gasteiger partial charge in [0.05, 0.1) is 5.70 Å². The third-order valence-corrected chi connectivity index (χ3v) is 1.67. The molecule has 0 fully saturated rings. The molecule has 1 aromatic carbocycles. The molecule has 0 spiro atoms. The summed E-state index contributed by atoms with van der Waals surface area (Å²) in [6.45, 7) is 3.45. The maximum absolute atomic E-state index is 12.9. The lowest BCUT2D eigenvalue weighted by Crippen LogP contribution is -2.02. The van der Waals surface area contributed by atoms with Crippen LogP contribution in [0.4, 0.5) is 4.39 Å². The zero-order chi connectivity index (χ0) is 10.6. The molecule has 0 aliphatic carbocycles. The summed E-state index contributed by atoms with van der Waals surface area (Å²) in [4.78, 5) is 5.68. The molecule has 74 valence electrons. The molecule has 0 aliphatic rings. The van der Waals surface area contributed by atoms with E-state index in [0.29, 0.717) is 5.70 Å². The quantitative estimate of drug-likeness (QED) is 0.671. The molecule has 0 radical (unpaired) electrons. The average Bonchev–Trinajstić information content (AvgIpc) is 2.14. The van der Waals surface area contributed by atoms with Gasteiger partial charge in [0.1, 0.15) is 5.82 Å². The van der Waals surface area contributed by atoms with Crippen LogP contribution in [0.3, 0.4) is 0 Å². The van der Waals surface area contributed by atoms with E-state index >= 15 is 0 Å². The highest BCUT2D eigenvalue weighted by atomic mass is 19.1. The van der Waals surface area contributed by atoms with Crippen molar-refractivity contribution in [3.8, 4) is 0 Å². The Morgan fingerprint density at radius 2 is 2.21 bits per heavy atom. The van der Waals surface area contributed by atoms with Gasteiger partial charge in [-0.3, -0.25) is 4.99 Å². The molecular formula is C11H13FN2. The molecule has 0 saturated carbocycles. The number of halogens is 1. The molecule has 0 aliphatic heterocycles. The second-order valence-corrected chi connectivity index (χ2v) is 3.15. The van der Waals surface area contributed by atoms with Crippen LogP contribution in [-0.4, -0.2) is 25.7 Å². The van der Waals surface area contributed by atoms with Crippen LogP contribution in [0.15, 0.2) is 35.5 Å². The van der Waals surface area contributed by atoms with Crippen molar-refractivity contribution >= 4 is 12.4 Å². The molecule has 0 N–H and O–H groups in total. The lowest BCUT2D eigenvalue weighted by Gasteiger charge is -2.08. The van der Waals surface area contributed by atoms with Crippen LogP contribution in [-0.2, 0) is 0 Å². The summed E-state index contributed by atoms with van der Waals surface area (Å²) in [7, 11) is 3.76. The highest BCUT2D eigenvalue weighted by molar-refractivity contribution is 5.67. The van der Waals surface area contributed by atoms with Crippen LogP contribution >= 0.6 is 0 Å². The minimum atomic E-state index is -0.268. The second-order valence-electron chi connectivity index (χ2n) is 3.15. The predicted molar refractivity (Wildman–Crippen MR) is 57.6 cm³/mol. The topological polar surface area (TPSA) is 15.6 Å². The summed E-state index contributed by atoms with van der Waals surface area (Å²) in [6, 6.07) is 6.29. The average molecular weight is 192 g/mol. The summed E-state index contributed by atoms with van der Waals surface area (Å²) in [5, 5.41) is 0. The fraction of sp³-hybridized carbons (Fsp3) is 0.182. The minimum absolute atomic E-state index is 0.268. The smallest absolute Gasteiger partial charge is 0.123 e. The molecule has 1 aromatic rings. The van der Waals surface area contributed by atoms with Crippen molar-refractivity contribution in [2.45, 2.75) is 0 Å². The van der Waals surface area contributed by atoms with Gasteiger partial charge >= 0.3 is 0 Å². The highest BCUT2D eigenvalue weighted by Gasteiger charge is 2.00. The number of aliphatic imine (C=N–C) groups is 1. The first-order chi connectivity index (χ1) is 6.63.